The highest BCUT2D eigenvalue weighted by Gasteiger charge is 2.12. The van der Waals surface area contributed by atoms with Crippen LogP contribution < -0.4 is 5.84 Å². The molecule has 2 N–H and O–H groups in total. The molecule has 92 valence electrons. The molecule has 0 radical (unpaired) electrons. The van der Waals surface area contributed by atoms with Crippen molar-refractivity contribution in [2.45, 2.75) is 6.54 Å². The first-order valence-corrected chi connectivity index (χ1v) is 5.61. The van der Waals surface area contributed by atoms with Gasteiger partial charge in [0.1, 0.15) is 5.82 Å². The Bertz CT molecular complexity index is 403. The average Bonchev–Trinajstić information content (AvgIpc) is 2.34. The second-order valence-electron chi connectivity index (χ2n) is 4.01. The van der Waals surface area contributed by atoms with Crippen LogP contribution in [0.15, 0.2) is 23.3 Å². The Balaban J connectivity index is 2.14. The van der Waals surface area contributed by atoms with Crippen LogP contribution >= 0.6 is 0 Å². The number of benzene rings is 1. The third-order valence-corrected chi connectivity index (χ3v) is 2.82. The fourth-order valence-corrected chi connectivity index (χ4v) is 1.92. The molecule has 1 aromatic carbocycles. The lowest BCUT2D eigenvalue weighted by Gasteiger charge is -2.27. The molecule has 0 atom stereocenters. The van der Waals surface area contributed by atoms with E-state index in [-0.39, 0.29) is 5.82 Å². The predicted octanol–water partition coefficient (Wildman–Crippen LogP) is 0.951. The van der Waals surface area contributed by atoms with E-state index >= 15 is 0 Å². The predicted molar refractivity (Wildman–Crippen MR) is 64.3 cm³/mol. The maximum atomic E-state index is 13.2. The lowest BCUT2D eigenvalue weighted by Crippen LogP contribution is -2.35. The first-order chi connectivity index (χ1) is 8.29. The van der Waals surface area contributed by atoms with Crippen LogP contribution in [0.25, 0.3) is 0 Å². The van der Waals surface area contributed by atoms with Crippen LogP contribution in [-0.2, 0) is 11.3 Å². The van der Waals surface area contributed by atoms with Crippen LogP contribution in [0, 0.1) is 5.82 Å². The summed E-state index contributed by atoms with van der Waals surface area (Å²) in [5.41, 5.74) is 1.77. The monoisotopic (exact) mass is 237 g/mol. The molecule has 0 bridgehead atoms. The molecule has 0 saturated carbocycles. The molecule has 17 heavy (non-hydrogen) atoms. The molecular formula is C12H16FN3O. The topological polar surface area (TPSA) is 50.8 Å². The van der Waals surface area contributed by atoms with E-state index in [1.165, 1.54) is 12.1 Å². The van der Waals surface area contributed by atoms with Gasteiger partial charge in [0.2, 0.25) is 0 Å². The zero-order chi connectivity index (χ0) is 12.1. The zero-order valence-corrected chi connectivity index (χ0v) is 9.60. The van der Waals surface area contributed by atoms with E-state index < -0.39 is 0 Å². The summed E-state index contributed by atoms with van der Waals surface area (Å²) in [4.78, 5) is 2.23. The standard InChI is InChI=1S/C12H16FN3O/c13-12-2-1-10(8-15-14)11(7-12)9-16-3-5-17-6-4-16/h1-2,7-8H,3-6,9,14H2. The first kappa shape index (κ1) is 12.0. The lowest BCUT2D eigenvalue weighted by molar-refractivity contribution is 0.0341. The van der Waals surface area contributed by atoms with Crippen molar-refractivity contribution in [2.24, 2.45) is 10.9 Å². The van der Waals surface area contributed by atoms with Crippen molar-refractivity contribution < 1.29 is 9.13 Å². The number of hydrazone groups is 1. The highest BCUT2D eigenvalue weighted by molar-refractivity contribution is 5.81. The smallest absolute Gasteiger partial charge is 0.123 e. The molecule has 0 amide bonds. The van der Waals surface area contributed by atoms with E-state index in [4.69, 9.17) is 10.6 Å². The van der Waals surface area contributed by atoms with E-state index in [2.05, 4.69) is 10.0 Å². The third kappa shape index (κ3) is 3.25. The van der Waals surface area contributed by atoms with Gasteiger partial charge in [-0.05, 0) is 23.3 Å². The second kappa shape index (κ2) is 5.75. The molecule has 2 rings (SSSR count). The van der Waals surface area contributed by atoms with Gasteiger partial charge < -0.3 is 10.6 Å². The van der Waals surface area contributed by atoms with Gasteiger partial charge in [-0.15, -0.1) is 0 Å². The summed E-state index contributed by atoms with van der Waals surface area (Å²) < 4.78 is 18.5. The van der Waals surface area contributed by atoms with Gasteiger partial charge in [0, 0.05) is 19.6 Å². The van der Waals surface area contributed by atoms with Crippen molar-refractivity contribution in [3.63, 3.8) is 0 Å². The first-order valence-electron chi connectivity index (χ1n) is 5.61. The van der Waals surface area contributed by atoms with Crippen molar-refractivity contribution in [1.29, 1.82) is 0 Å². The molecule has 0 aliphatic carbocycles. The molecule has 1 heterocycles. The van der Waals surface area contributed by atoms with Crippen LogP contribution in [0.5, 0.6) is 0 Å². The van der Waals surface area contributed by atoms with Crippen LogP contribution in [0.3, 0.4) is 0 Å². The Morgan fingerprint density at radius 3 is 2.88 bits per heavy atom. The van der Waals surface area contributed by atoms with Crippen molar-refractivity contribution in [3.05, 3.63) is 35.1 Å². The summed E-state index contributed by atoms with van der Waals surface area (Å²) in [7, 11) is 0. The van der Waals surface area contributed by atoms with Gasteiger partial charge in [-0.2, -0.15) is 5.10 Å². The molecule has 1 aliphatic heterocycles. The van der Waals surface area contributed by atoms with Crippen molar-refractivity contribution in [2.75, 3.05) is 26.3 Å². The normalized spacial score (nSPS) is 17.7. The minimum absolute atomic E-state index is 0.234. The molecule has 0 unspecified atom stereocenters. The molecule has 4 nitrogen and oxygen atoms in total. The van der Waals surface area contributed by atoms with Gasteiger partial charge in [-0.25, -0.2) is 4.39 Å². The third-order valence-electron chi connectivity index (χ3n) is 2.82. The second-order valence-corrected chi connectivity index (χ2v) is 4.01. The van der Waals surface area contributed by atoms with Crippen LogP contribution in [0.1, 0.15) is 11.1 Å². The molecule has 0 aromatic heterocycles. The molecule has 0 spiro atoms. The van der Waals surface area contributed by atoms with Crippen LogP contribution in [0.2, 0.25) is 0 Å². The molecule has 1 aliphatic rings. The van der Waals surface area contributed by atoms with Crippen LogP contribution in [0.4, 0.5) is 4.39 Å². The number of hydrogen-bond donors (Lipinski definition) is 1. The fourth-order valence-electron chi connectivity index (χ4n) is 1.92. The fraction of sp³-hybridized carbons (Fsp3) is 0.417. The summed E-state index contributed by atoms with van der Waals surface area (Å²) in [5.74, 6) is 4.91. The van der Waals surface area contributed by atoms with Gasteiger partial charge in [0.25, 0.3) is 0 Å². The summed E-state index contributed by atoms with van der Waals surface area (Å²) >= 11 is 0. The summed E-state index contributed by atoms with van der Waals surface area (Å²) in [6.07, 6.45) is 1.55. The molecular weight excluding hydrogens is 221 g/mol. The Morgan fingerprint density at radius 2 is 2.18 bits per heavy atom. The van der Waals surface area contributed by atoms with Gasteiger partial charge >= 0.3 is 0 Å². The van der Waals surface area contributed by atoms with Crippen molar-refractivity contribution in [1.82, 2.24) is 4.90 Å². The minimum Gasteiger partial charge on any atom is -0.379 e. The lowest BCUT2D eigenvalue weighted by atomic mass is 10.1. The number of rotatable bonds is 3. The Kier molecular flexibility index (Phi) is 4.06. The minimum atomic E-state index is -0.234. The maximum absolute atomic E-state index is 13.2. The average molecular weight is 237 g/mol. The number of morpholine rings is 1. The molecule has 5 heteroatoms. The molecule has 1 fully saturated rings. The summed E-state index contributed by atoms with van der Waals surface area (Å²) in [5, 5.41) is 3.50. The van der Waals surface area contributed by atoms with E-state index in [1.54, 1.807) is 12.3 Å². The highest BCUT2D eigenvalue weighted by atomic mass is 19.1. The highest BCUT2D eigenvalue weighted by Crippen LogP contribution is 2.13. The Hall–Kier alpha value is -1.46. The van der Waals surface area contributed by atoms with Gasteiger partial charge in [0.15, 0.2) is 0 Å². The van der Waals surface area contributed by atoms with Crippen molar-refractivity contribution in [3.8, 4) is 0 Å². The van der Waals surface area contributed by atoms with Crippen LogP contribution in [-0.4, -0.2) is 37.4 Å². The van der Waals surface area contributed by atoms with Gasteiger partial charge in [-0.1, -0.05) is 6.07 Å². The van der Waals surface area contributed by atoms with E-state index in [9.17, 15) is 4.39 Å². The van der Waals surface area contributed by atoms with Gasteiger partial charge in [0.05, 0.1) is 19.4 Å². The maximum Gasteiger partial charge on any atom is 0.123 e. The number of hydrogen-bond acceptors (Lipinski definition) is 4. The Morgan fingerprint density at radius 1 is 1.41 bits per heavy atom. The summed E-state index contributed by atoms with van der Waals surface area (Å²) in [6.45, 7) is 3.90. The van der Waals surface area contributed by atoms with Gasteiger partial charge in [-0.3, -0.25) is 4.90 Å². The number of nitrogens with zero attached hydrogens (tertiary/aromatic N) is 2. The van der Waals surface area contributed by atoms with E-state index in [0.717, 1.165) is 37.4 Å². The quantitative estimate of drug-likeness (QED) is 0.484. The summed E-state index contributed by atoms with van der Waals surface area (Å²) in [6, 6.07) is 4.65. The Labute approximate surface area is 99.9 Å². The number of ether oxygens (including phenoxy) is 1. The molecule has 1 aromatic rings. The molecule has 1 saturated heterocycles. The SMILES string of the molecule is NN=Cc1ccc(F)cc1CN1CCOCC1. The largest absolute Gasteiger partial charge is 0.379 e. The van der Waals surface area contributed by atoms with E-state index in [1.807, 2.05) is 0 Å². The number of nitrogens with two attached hydrogens (primary N) is 1. The van der Waals surface area contributed by atoms with E-state index in [0.29, 0.717) is 6.54 Å². The van der Waals surface area contributed by atoms with Crippen molar-refractivity contribution >= 4 is 6.21 Å². The zero-order valence-electron chi connectivity index (χ0n) is 9.60. The number of halogens is 1.